The number of halogens is 1. The summed E-state index contributed by atoms with van der Waals surface area (Å²) in [5.41, 5.74) is 0.786. The third kappa shape index (κ3) is 3.53. The van der Waals surface area contributed by atoms with Gasteiger partial charge >= 0.3 is 16.1 Å². The van der Waals surface area contributed by atoms with Crippen molar-refractivity contribution in [3.05, 3.63) is 58.6 Å². The van der Waals surface area contributed by atoms with Crippen molar-refractivity contribution < 1.29 is 22.5 Å². The van der Waals surface area contributed by atoms with Gasteiger partial charge < -0.3 is 9.29 Å². The molecule has 2 aromatic rings. The minimum absolute atomic E-state index is 0.00990. The first-order valence-electron chi connectivity index (χ1n) is 5.83. The first-order chi connectivity index (χ1) is 9.79. The van der Waals surface area contributed by atoms with Crippen LogP contribution in [-0.4, -0.2) is 19.5 Å². The van der Waals surface area contributed by atoms with Gasteiger partial charge in [0.15, 0.2) is 5.75 Å². The van der Waals surface area contributed by atoms with Crippen LogP contribution in [0.1, 0.15) is 15.9 Å². The predicted octanol–water partition coefficient (Wildman–Crippen LogP) is 3.11. The Morgan fingerprint density at radius 2 is 1.76 bits per heavy atom. The second-order valence-corrected chi connectivity index (χ2v) is 6.25. The first kappa shape index (κ1) is 15.3. The number of aryl methyl sites for hydroxylation is 1. The lowest BCUT2D eigenvalue weighted by atomic mass is 10.2. The van der Waals surface area contributed by atoms with Crippen molar-refractivity contribution in [2.75, 3.05) is 0 Å². The lowest BCUT2D eigenvalue weighted by Gasteiger charge is -2.09. The van der Waals surface area contributed by atoms with E-state index < -0.39 is 16.1 Å². The monoisotopic (exact) mass is 326 g/mol. The number of carbonyl (C=O) groups is 1. The zero-order valence-corrected chi connectivity index (χ0v) is 12.5. The van der Waals surface area contributed by atoms with Crippen LogP contribution in [0.15, 0.2) is 47.4 Å². The van der Waals surface area contributed by atoms with Crippen LogP contribution in [0, 0.1) is 6.92 Å². The van der Waals surface area contributed by atoms with E-state index in [1.165, 1.54) is 24.3 Å². The molecule has 0 aliphatic rings. The summed E-state index contributed by atoms with van der Waals surface area (Å²) < 4.78 is 29.2. The second kappa shape index (κ2) is 5.75. The van der Waals surface area contributed by atoms with E-state index in [0.29, 0.717) is 0 Å². The highest BCUT2D eigenvalue weighted by molar-refractivity contribution is 7.87. The normalized spacial score (nSPS) is 11.1. The molecule has 1 N–H and O–H groups in total. The molecule has 0 radical (unpaired) electrons. The summed E-state index contributed by atoms with van der Waals surface area (Å²) in [5, 5.41) is 8.91. The molecule has 5 nitrogen and oxygen atoms in total. The topological polar surface area (TPSA) is 80.7 Å². The van der Waals surface area contributed by atoms with Crippen LogP contribution in [0.5, 0.6) is 5.75 Å². The van der Waals surface area contributed by atoms with Crippen LogP contribution >= 0.6 is 11.6 Å². The summed E-state index contributed by atoms with van der Waals surface area (Å²) in [6.07, 6.45) is 0. The molecule has 0 aliphatic heterocycles. The van der Waals surface area contributed by atoms with E-state index in [1.807, 2.05) is 6.92 Å². The Morgan fingerprint density at radius 1 is 1.14 bits per heavy atom. The smallest absolute Gasteiger partial charge is 0.339 e. The fourth-order valence-corrected chi connectivity index (χ4v) is 2.71. The first-order valence-corrected chi connectivity index (χ1v) is 7.62. The van der Waals surface area contributed by atoms with Gasteiger partial charge in [-0.25, -0.2) is 4.79 Å². The molecule has 7 heteroatoms. The predicted molar refractivity (Wildman–Crippen MR) is 77.4 cm³/mol. The molecule has 0 aliphatic carbocycles. The van der Waals surface area contributed by atoms with E-state index in [9.17, 15) is 13.2 Å². The fourth-order valence-electron chi connectivity index (χ4n) is 1.57. The van der Waals surface area contributed by atoms with Gasteiger partial charge in [-0.1, -0.05) is 29.3 Å². The maximum absolute atomic E-state index is 12.1. The maximum Gasteiger partial charge on any atom is 0.339 e. The van der Waals surface area contributed by atoms with Crippen LogP contribution in [0.25, 0.3) is 0 Å². The molecule has 0 aromatic heterocycles. The third-order valence-electron chi connectivity index (χ3n) is 2.69. The van der Waals surface area contributed by atoms with E-state index in [-0.39, 0.29) is 21.2 Å². The molecule has 0 amide bonds. The standard InChI is InChI=1S/C14H11ClO5S/c1-9-2-5-11(6-3-9)21(18,19)20-13-8-10(14(16)17)4-7-12(13)15/h2-8H,1H3,(H,16,17). The van der Waals surface area contributed by atoms with Crippen LogP contribution in [0.3, 0.4) is 0 Å². The number of benzene rings is 2. The minimum Gasteiger partial charge on any atom is -0.478 e. The fraction of sp³-hybridized carbons (Fsp3) is 0.0714. The van der Waals surface area contributed by atoms with Crippen molar-refractivity contribution in [2.24, 2.45) is 0 Å². The van der Waals surface area contributed by atoms with Crippen molar-refractivity contribution in [1.29, 1.82) is 0 Å². The Balaban J connectivity index is 2.38. The van der Waals surface area contributed by atoms with Gasteiger partial charge in [0.1, 0.15) is 4.90 Å². The number of carboxylic acids is 1. The van der Waals surface area contributed by atoms with Crippen LogP contribution in [-0.2, 0) is 10.1 Å². The van der Waals surface area contributed by atoms with Crippen molar-refractivity contribution in [3.63, 3.8) is 0 Å². The van der Waals surface area contributed by atoms with Gasteiger partial charge in [-0.3, -0.25) is 0 Å². The molecule has 0 atom stereocenters. The Kier molecular flexibility index (Phi) is 4.20. The summed E-state index contributed by atoms with van der Waals surface area (Å²) in [4.78, 5) is 10.9. The summed E-state index contributed by atoms with van der Waals surface area (Å²) in [6.45, 7) is 1.82. The largest absolute Gasteiger partial charge is 0.478 e. The van der Waals surface area contributed by atoms with Gasteiger partial charge in [0, 0.05) is 0 Å². The van der Waals surface area contributed by atoms with E-state index in [2.05, 4.69) is 0 Å². The van der Waals surface area contributed by atoms with Crippen LogP contribution in [0.4, 0.5) is 0 Å². The molecule has 21 heavy (non-hydrogen) atoms. The van der Waals surface area contributed by atoms with E-state index in [1.54, 1.807) is 12.1 Å². The van der Waals surface area contributed by atoms with Crippen LogP contribution < -0.4 is 4.18 Å². The lowest BCUT2D eigenvalue weighted by molar-refractivity contribution is 0.0696. The third-order valence-corrected chi connectivity index (χ3v) is 4.25. The van der Waals surface area contributed by atoms with Gasteiger partial charge in [0.05, 0.1) is 10.6 Å². The summed E-state index contributed by atoms with van der Waals surface area (Å²) in [6, 6.07) is 9.66. The average molecular weight is 327 g/mol. The maximum atomic E-state index is 12.1. The molecule has 0 spiro atoms. The van der Waals surface area contributed by atoms with Gasteiger partial charge in [-0.15, -0.1) is 0 Å². The Hall–Kier alpha value is -2.05. The van der Waals surface area contributed by atoms with Crippen molar-refractivity contribution >= 4 is 27.7 Å². The molecule has 0 fully saturated rings. The number of carboxylic acid groups (broad SMARTS) is 1. The SMILES string of the molecule is Cc1ccc(S(=O)(=O)Oc2cc(C(=O)O)ccc2Cl)cc1. The molecule has 0 heterocycles. The number of hydrogen-bond acceptors (Lipinski definition) is 4. The van der Waals surface area contributed by atoms with Gasteiger partial charge in [-0.2, -0.15) is 8.42 Å². The Bertz CT molecular complexity index is 782. The Morgan fingerprint density at radius 3 is 2.33 bits per heavy atom. The molecule has 2 rings (SSSR count). The quantitative estimate of drug-likeness (QED) is 0.873. The van der Waals surface area contributed by atoms with E-state index in [0.717, 1.165) is 11.6 Å². The number of hydrogen-bond donors (Lipinski definition) is 1. The van der Waals surface area contributed by atoms with Crippen molar-refractivity contribution in [3.8, 4) is 5.75 Å². The molecule has 2 aromatic carbocycles. The summed E-state index contributed by atoms with van der Waals surface area (Å²) in [5.74, 6) is -1.43. The van der Waals surface area contributed by atoms with Crippen molar-refractivity contribution in [2.45, 2.75) is 11.8 Å². The second-order valence-electron chi connectivity index (χ2n) is 4.30. The minimum atomic E-state index is -4.07. The van der Waals surface area contributed by atoms with E-state index in [4.69, 9.17) is 20.9 Å². The summed E-state index contributed by atoms with van der Waals surface area (Å²) >= 11 is 5.84. The Labute approximate surface area is 126 Å². The summed E-state index contributed by atoms with van der Waals surface area (Å²) in [7, 11) is -4.07. The molecule has 0 saturated carbocycles. The highest BCUT2D eigenvalue weighted by Crippen LogP contribution is 2.28. The lowest BCUT2D eigenvalue weighted by Crippen LogP contribution is -2.10. The molecular formula is C14H11ClO5S. The number of aromatic carboxylic acids is 1. The van der Waals surface area contributed by atoms with E-state index >= 15 is 0 Å². The van der Waals surface area contributed by atoms with Gasteiger partial charge in [-0.05, 0) is 37.3 Å². The van der Waals surface area contributed by atoms with Crippen molar-refractivity contribution in [1.82, 2.24) is 0 Å². The molecular weight excluding hydrogens is 316 g/mol. The van der Waals surface area contributed by atoms with Crippen LogP contribution in [0.2, 0.25) is 5.02 Å². The zero-order chi connectivity index (χ0) is 15.6. The molecule has 110 valence electrons. The van der Waals surface area contributed by atoms with Gasteiger partial charge in [0.2, 0.25) is 0 Å². The van der Waals surface area contributed by atoms with Gasteiger partial charge in [0.25, 0.3) is 0 Å². The number of rotatable bonds is 4. The average Bonchev–Trinajstić information content (AvgIpc) is 2.41. The highest BCUT2D eigenvalue weighted by Gasteiger charge is 2.19. The zero-order valence-electron chi connectivity index (χ0n) is 10.9. The molecule has 0 saturated heterocycles. The molecule has 0 unspecified atom stereocenters. The molecule has 0 bridgehead atoms. The highest BCUT2D eigenvalue weighted by atomic mass is 35.5.